The van der Waals surface area contributed by atoms with Crippen molar-refractivity contribution in [3.05, 3.63) is 54.9 Å². The Morgan fingerprint density at radius 2 is 1.57 bits per heavy atom. The number of fused-ring (bicyclic) bond motifs is 2. The zero-order chi connectivity index (χ0) is 9.38. The third-order valence-corrected chi connectivity index (χ3v) is 2.45. The van der Waals surface area contributed by atoms with Gasteiger partial charge in [-0.25, -0.2) is 0 Å². The number of rotatable bonds is 0. The van der Waals surface area contributed by atoms with E-state index in [4.69, 9.17) is 0 Å². The van der Waals surface area contributed by atoms with Gasteiger partial charge in [-0.15, -0.1) is 0 Å². The van der Waals surface area contributed by atoms with Crippen LogP contribution in [0.15, 0.2) is 48.7 Å². The van der Waals surface area contributed by atoms with Gasteiger partial charge in [0.15, 0.2) is 0 Å². The molecule has 0 unspecified atom stereocenters. The van der Waals surface area contributed by atoms with Crippen molar-refractivity contribution in [1.82, 2.24) is 4.98 Å². The number of pyridine rings is 1. The van der Waals surface area contributed by atoms with Crippen LogP contribution in [0, 0.1) is 6.20 Å². The molecule has 0 aliphatic heterocycles. The number of aromatic nitrogens is 1. The quantitative estimate of drug-likeness (QED) is 0.482. The molecule has 0 saturated carbocycles. The highest BCUT2D eigenvalue weighted by Gasteiger charge is 1.95. The summed E-state index contributed by atoms with van der Waals surface area (Å²) in [6, 6.07) is 14.6. The van der Waals surface area contributed by atoms with Crippen LogP contribution in [0.1, 0.15) is 0 Å². The molecule has 0 aliphatic rings. The molecule has 1 aromatic heterocycles. The Balaban J connectivity index is 2.52. The van der Waals surface area contributed by atoms with Crippen molar-refractivity contribution >= 4 is 21.5 Å². The maximum atomic E-state index is 3.99. The summed E-state index contributed by atoms with van der Waals surface area (Å²) in [5, 5.41) is 4.88. The SMILES string of the molecule is [c]1cc2cc3ccccc3cc2cn1. The van der Waals surface area contributed by atoms with E-state index < -0.39 is 0 Å². The van der Waals surface area contributed by atoms with Crippen LogP contribution in [-0.2, 0) is 0 Å². The summed E-state index contributed by atoms with van der Waals surface area (Å²) in [6.07, 6.45) is 4.70. The minimum Gasteiger partial charge on any atom is -0.254 e. The van der Waals surface area contributed by atoms with Crippen molar-refractivity contribution in [2.24, 2.45) is 0 Å². The van der Waals surface area contributed by atoms with E-state index in [0.29, 0.717) is 0 Å². The molecular weight excluding hydrogens is 170 g/mol. The first-order valence-corrected chi connectivity index (χ1v) is 4.58. The average molecular weight is 178 g/mol. The maximum absolute atomic E-state index is 3.99. The second-order valence-electron chi connectivity index (χ2n) is 3.36. The molecule has 1 heteroatoms. The molecule has 0 aliphatic carbocycles. The van der Waals surface area contributed by atoms with E-state index in [1.807, 2.05) is 12.3 Å². The van der Waals surface area contributed by atoms with Gasteiger partial charge in [-0.1, -0.05) is 24.3 Å². The lowest BCUT2D eigenvalue weighted by molar-refractivity contribution is 1.35. The molecule has 0 N–H and O–H groups in total. The number of hydrogen-bond acceptors (Lipinski definition) is 1. The molecule has 0 spiro atoms. The van der Waals surface area contributed by atoms with Crippen molar-refractivity contribution in [2.45, 2.75) is 0 Å². The molecule has 0 bridgehead atoms. The minimum absolute atomic E-state index is 1.17. The van der Waals surface area contributed by atoms with Crippen LogP contribution >= 0.6 is 0 Å². The molecule has 0 saturated heterocycles. The molecule has 0 atom stereocenters. The van der Waals surface area contributed by atoms with Crippen molar-refractivity contribution in [2.75, 3.05) is 0 Å². The van der Waals surface area contributed by atoms with Gasteiger partial charge in [-0.05, 0) is 34.4 Å². The Kier molecular flexibility index (Phi) is 1.51. The van der Waals surface area contributed by atoms with Gasteiger partial charge in [0.25, 0.3) is 0 Å². The topological polar surface area (TPSA) is 12.9 Å². The molecule has 14 heavy (non-hydrogen) atoms. The van der Waals surface area contributed by atoms with E-state index in [1.165, 1.54) is 21.5 Å². The standard InChI is InChI=1S/C13H8N/c1-2-4-11-8-13-9-14-6-5-12(13)7-10(11)3-1/h1-5,7-9H. The molecule has 1 heterocycles. The summed E-state index contributed by atoms with van der Waals surface area (Å²) >= 11 is 0. The molecule has 1 radical (unpaired) electrons. The number of hydrogen-bond donors (Lipinski definition) is 0. The van der Waals surface area contributed by atoms with E-state index in [2.05, 4.69) is 47.6 Å². The first kappa shape index (κ1) is 7.51. The Labute approximate surface area is 82.0 Å². The number of benzene rings is 2. The maximum Gasteiger partial charge on any atom is 0.0892 e. The summed E-state index contributed by atoms with van der Waals surface area (Å²) in [4.78, 5) is 3.99. The van der Waals surface area contributed by atoms with E-state index in [0.717, 1.165) is 0 Å². The lowest BCUT2D eigenvalue weighted by Crippen LogP contribution is -1.77. The van der Waals surface area contributed by atoms with Gasteiger partial charge in [0, 0.05) is 11.6 Å². The van der Waals surface area contributed by atoms with Gasteiger partial charge in [-0.3, -0.25) is 4.98 Å². The molecule has 0 amide bonds. The minimum atomic E-state index is 1.17. The molecule has 65 valence electrons. The fourth-order valence-electron chi connectivity index (χ4n) is 1.73. The Bertz CT molecular complexity index is 494. The predicted octanol–water partition coefficient (Wildman–Crippen LogP) is 3.19. The fraction of sp³-hybridized carbons (Fsp3) is 0. The number of nitrogens with zero attached hydrogens (tertiary/aromatic N) is 1. The summed E-state index contributed by atoms with van der Waals surface area (Å²) in [7, 11) is 0. The van der Waals surface area contributed by atoms with E-state index in [-0.39, 0.29) is 0 Å². The summed E-state index contributed by atoms with van der Waals surface area (Å²) < 4.78 is 0. The van der Waals surface area contributed by atoms with E-state index in [9.17, 15) is 0 Å². The molecule has 0 fully saturated rings. The highest BCUT2D eigenvalue weighted by molar-refractivity contribution is 5.97. The van der Waals surface area contributed by atoms with Crippen molar-refractivity contribution < 1.29 is 0 Å². The van der Waals surface area contributed by atoms with Crippen LogP contribution in [0.25, 0.3) is 21.5 Å². The third-order valence-electron chi connectivity index (χ3n) is 2.45. The lowest BCUT2D eigenvalue weighted by Gasteiger charge is -2.00. The van der Waals surface area contributed by atoms with Gasteiger partial charge in [0.1, 0.15) is 0 Å². The highest BCUT2D eigenvalue weighted by atomic mass is 14.6. The molecule has 1 nitrogen and oxygen atoms in total. The second-order valence-corrected chi connectivity index (χ2v) is 3.36. The van der Waals surface area contributed by atoms with Crippen LogP contribution in [0.2, 0.25) is 0 Å². The van der Waals surface area contributed by atoms with Crippen LogP contribution in [0.4, 0.5) is 0 Å². The van der Waals surface area contributed by atoms with Gasteiger partial charge in [-0.2, -0.15) is 0 Å². The molecule has 3 aromatic rings. The molecule has 2 aromatic carbocycles. The summed E-state index contributed by atoms with van der Waals surface area (Å²) in [5.41, 5.74) is 0. The largest absolute Gasteiger partial charge is 0.254 e. The zero-order valence-electron chi connectivity index (χ0n) is 7.57. The summed E-state index contributed by atoms with van der Waals surface area (Å²) in [6.45, 7) is 0. The third kappa shape index (κ3) is 1.06. The molecular formula is C13H8N. The van der Waals surface area contributed by atoms with Crippen molar-refractivity contribution in [3.63, 3.8) is 0 Å². The molecule has 3 rings (SSSR count). The zero-order valence-corrected chi connectivity index (χ0v) is 7.57. The Hall–Kier alpha value is -1.89. The van der Waals surface area contributed by atoms with Gasteiger partial charge < -0.3 is 0 Å². The first-order chi connectivity index (χ1) is 6.93. The first-order valence-electron chi connectivity index (χ1n) is 4.58. The lowest BCUT2D eigenvalue weighted by atomic mass is 10.1. The van der Waals surface area contributed by atoms with Crippen LogP contribution in [-0.4, -0.2) is 4.98 Å². The summed E-state index contributed by atoms with van der Waals surface area (Å²) in [5.74, 6) is 0. The van der Waals surface area contributed by atoms with Crippen LogP contribution < -0.4 is 0 Å². The normalized spacial score (nSPS) is 10.9. The van der Waals surface area contributed by atoms with Gasteiger partial charge in [0.2, 0.25) is 0 Å². The van der Waals surface area contributed by atoms with E-state index >= 15 is 0 Å². The fourth-order valence-corrected chi connectivity index (χ4v) is 1.73. The predicted molar refractivity (Wildman–Crippen MR) is 58.1 cm³/mol. The van der Waals surface area contributed by atoms with Gasteiger partial charge in [0.05, 0.1) is 6.20 Å². The van der Waals surface area contributed by atoms with Crippen LogP contribution in [0.3, 0.4) is 0 Å². The van der Waals surface area contributed by atoms with Gasteiger partial charge >= 0.3 is 0 Å². The Morgan fingerprint density at radius 3 is 2.36 bits per heavy atom. The van der Waals surface area contributed by atoms with Crippen molar-refractivity contribution in [1.29, 1.82) is 0 Å². The monoisotopic (exact) mass is 178 g/mol. The van der Waals surface area contributed by atoms with Crippen molar-refractivity contribution in [3.8, 4) is 0 Å². The Morgan fingerprint density at radius 1 is 0.857 bits per heavy atom. The van der Waals surface area contributed by atoms with Crippen LogP contribution in [0.5, 0.6) is 0 Å². The average Bonchev–Trinajstić information content (AvgIpc) is 2.26. The van der Waals surface area contributed by atoms with E-state index in [1.54, 1.807) is 0 Å². The smallest absolute Gasteiger partial charge is 0.0892 e. The second kappa shape index (κ2) is 2.81. The highest BCUT2D eigenvalue weighted by Crippen LogP contribution is 2.21.